The van der Waals surface area contributed by atoms with Crippen molar-refractivity contribution in [2.75, 3.05) is 6.54 Å². The first-order chi connectivity index (χ1) is 21.7. The number of ketones is 1. The predicted octanol–water partition coefficient (Wildman–Crippen LogP) is 2.25. The fourth-order valence-corrected chi connectivity index (χ4v) is 7.06. The molecule has 0 spiro atoms. The van der Waals surface area contributed by atoms with Crippen LogP contribution in [0.5, 0.6) is 0 Å². The fourth-order valence-electron chi connectivity index (χ4n) is 7.06. The van der Waals surface area contributed by atoms with Crippen molar-refractivity contribution < 1.29 is 28.8 Å². The number of benzene rings is 1. The number of likely N-dealkylation sites (tertiary alicyclic amines) is 1. The minimum Gasteiger partial charge on any atom is -0.363 e. The van der Waals surface area contributed by atoms with Crippen LogP contribution in [0.2, 0.25) is 0 Å². The van der Waals surface area contributed by atoms with Gasteiger partial charge in [-0.25, -0.2) is 4.79 Å². The zero-order chi connectivity index (χ0) is 35.1. The standard InChI is InChI=1S/C35H52N6O6/c1-33(2,3)26(30(45)37-17-19-13-10-9-11-14-19)39-32(47)40-27(34(4,5)6)31(46)41-18-21-22(35(21,7)8)24(41)29(44)38-23(20-15-12-16-20)25(42)28(36)43/h9-11,13-14,20-24,26-27H,12,15-18H2,1-8H3,(H2,36,43)(H,37,45)(H,38,44)(H2,39,40,47)/t21-,22-,23?,24-,26+,27+/m0/s1. The number of primary amides is 1. The second-order valence-electron chi connectivity index (χ2n) is 16.2. The van der Waals surface area contributed by atoms with Crippen LogP contribution in [0, 0.1) is 34.0 Å². The molecule has 12 nitrogen and oxygen atoms in total. The molecule has 47 heavy (non-hydrogen) atoms. The molecule has 1 aromatic carbocycles. The SMILES string of the molecule is CC(C)(C)[C@H](NC(=O)N[C@H](C(=O)N1C[C@H]2[C@@H]([C@H]1C(=O)NC(C(=O)C(N)=O)C1CCC1)C2(C)C)C(C)(C)C)C(=O)NCc1ccccc1. The maximum atomic E-state index is 14.3. The molecule has 2 saturated carbocycles. The third-order valence-electron chi connectivity index (χ3n) is 10.3. The number of nitrogens with zero attached hydrogens (tertiary/aromatic N) is 1. The van der Waals surface area contributed by atoms with Gasteiger partial charge in [0, 0.05) is 13.1 Å². The van der Waals surface area contributed by atoms with E-state index in [1.165, 1.54) is 4.90 Å². The van der Waals surface area contributed by atoms with Gasteiger partial charge in [0.15, 0.2) is 0 Å². The van der Waals surface area contributed by atoms with Gasteiger partial charge in [0.25, 0.3) is 5.91 Å². The van der Waals surface area contributed by atoms with Crippen molar-refractivity contribution in [3.8, 4) is 0 Å². The topological polar surface area (TPSA) is 180 Å². The summed E-state index contributed by atoms with van der Waals surface area (Å²) in [6, 6.07) is 4.89. The number of fused-ring (bicyclic) bond motifs is 1. The molecule has 1 aliphatic heterocycles. The third kappa shape index (κ3) is 7.79. The molecule has 1 aromatic rings. The lowest BCUT2D eigenvalue weighted by Gasteiger charge is -2.39. The molecule has 0 bridgehead atoms. The number of rotatable bonds is 11. The van der Waals surface area contributed by atoms with E-state index in [0.29, 0.717) is 25.9 Å². The molecule has 3 fully saturated rings. The van der Waals surface area contributed by atoms with Gasteiger partial charge in [0.2, 0.25) is 23.5 Å². The molecule has 1 saturated heterocycles. The zero-order valence-corrected chi connectivity index (χ0v) is 28.9. The van der Waals surface area contributed by atoms with Crippen LogP contribution in [0.3, 0.4) is 0 Å². The van der Waals surface area contributed by atoms with Crippen LogP contribution in [0.4, 0.5) is 4.79 Å². The van der Waals surface area contributed by atoms with Crippen LogP contribution in [-0.4, -0.2) is 71.1 Å². The molecule has 2 aliphatic carbocycles. The van der Waals surface area contributed by atoms with E-state index < -0.39 is 64.5 Å². The Bertz CT molecular complexity index is 1390. The van der Waals surface area contributed by atoms with Gasteiger partial charge in [0.05, 0.1) is 0 Å². The number of nitrogens with two attached hydrogens (primary N) is 1. The minimum absolute atomic E-state index is 0.0595. The highest BCUT2D eigenvalue weighted by Crippen LogP contribution is 2.65. The maximum absolute atomic E-state index is 14.3. The Morgan fingerprint density at radius 2 is 1.47 bits per heavy atom. The van der Waals surface area contributed by atoms with Gasteiger partial charge in [-0.1, -0.05) is 92.1 Å². The second kappa shape index (κ2) is 13.3. The molecule has 0 aromatic heterocycles. The van der Waals surface area contributed by atoms with Crippen molar-refractivity contribution in [1.82, 2.24) is 26.2 Å². The summed E-state index contributed by atoms with van der Waals surface area (Å²) < 4.78 is 0. The van der Waals surface area contributed by atoms with Gasteiger partial charge < -0.3 is 31.9 Å². The Morgan fingerprint density at radius 3 is 1.98 bits per heavy atom. The van der Waals surface area contributed by atoms with E-state index in [0.717, 1.165) is 12.0 Å². The van der Waals surface area contributed by atoms with Crippen LogP contribution >= 0.6 is 0 Å². The van der Waals surface area contributed by atoms with Gasteiger partial charge in [-0.15, -0.1) is 0 Å². The third-order valence-corrected chi connectivity index (χ3v) is 10.3. The lowest BCUT2D eigenvalue weighted by molar-refractivity contribution is -0.145. The van der Waals surface area contributed by atoms with E-state index in [1.54, 1.807) is 0 Å². The summed E-state index contributed by atoms with van der Waals surface area (Å²) in [5, 5.41) is 11.3. The Morgan fingerprint density at radius 1 is 0.894 bits per heavy atom. The summed E-state index contributed by atoms with van der Waals surface area (Å²) in [7, 11) is 0. The highest BCUT2D eigenvalue weighted by Gasteiger charge is 2.70. The summed E-state index contributed by atoms with van der Waals surface area (Å²) in [5.74, 6) is -3.49. The summed E-state index contributed by atoms with van der Waals surface area (Å²) in [6.45, 7) is 15.7. The maximum Gasteiger partial charge on any atom is 0.316 e. The van der Waals surface area contributed by atoms with Gasteiger partial charge in [0.1, 0.15) is 24.2 Å². The van der Waals surface area contributed by atoms with Crippen molar-refractivity contribution in [1.29, 1.82) is 0 Å². The first-order valence-electron chi connectivity index (χ1n) is 16.6. The molecule has 6 N–H and O–H groups in total. The van der Waals surface area contributed by atoms with Crippen molar-refractivity contribution >= 4 is 35.4 Å². The molecule has 6 amide bonds. The number of carbonyl (C=O) groups excluding carboxylic acids is 6. The minimum atomic E-state index is -1.10. The normalized spacial score (nSPS) is 23.7. The largest absolute Gasteiger partial charge is 0.363 e. The number of nitrogens with one attached hydrogen (secondary N) is 4. The zero-order valence-electron chi connectivity index (χ0n) is 28.9. The molecular formula is C35H52N6O6. The van der Waals surface area contributed by atoms with E-state index in [4.69, 9.17) is 5.73 Å². The number of hydrogen-bond donors (Lipinski definition) is 5. The van der Waals surface area contributed by atoms with Crippen LogP contribution in [0.15, 0.2) is 30.3 Å². The summed E-state index contributed by atoms with van der Waals surface area (Å²) in [4.78, 5) is 81.0. The van der Waals surface area contributed by atoms with Crippen molar-refractivity contribution in [2.24, 2.45) is 39.7 Å². The molecular weight excluding hydrogens is 600 g/mol. The van der Waals surface area contributed by atoms with Crippen LogP contribution < -0.4 is 27.0 Å². The molecule has 0 radical (unpaired) electrons. The smallest absolute Gasteiger partial charge is 0.316 e. The lowest BCUT2D eigenvalue weighted by atomic mass is 9.78. The van der Waals surface area contributed by atoms with E-state index >= 15 is 0 Å². The number of Topliss-reactive ketones (excluding diaryl/α,β-unsaturated/α-hetero) is 1. The predicted molar refractivity (Wildman–Crippen MR) is 176 cm³/mol. The Labute approximate surface area is 277 Å². The van der Waals surface area contributed by atoms with Gasteiger partial charge in [-0.3, -0.25) is 24.0 Å². The van der Waals surface area contributed by atoms with Crippen molar-refractivity contribution in [2.45, 2.75) is 105 Å². The number of carbonyl (C=O) groups is 6. The van der Waals surface area contributed by atoms with Gasteiger partial charge in [-0.2, -0.15) is 0 Å². The number of piperidine rings is 1. The van der Waals surface area contributed by atoms with E-state index in [2.05, 4.69) is 21.3 Å². The van der Waals surface area contributed by atoms with Crippen LogP contribution in [-0.2, 0) is 30.5 Å². The van der Waals surface area contributed by atoms with E-state index in [-0.39, 0.29) is 29.1 Å². The Hall–Kier alpha value is -3.96. The van der Waals surface area contributed by atoms with Crippen LogP contribution in [0.25, 0.3) is 0 Å². The first-order valence-corrected chi connectivity index (χ1v) is 16.6. The quantitative estimate of drug-likeness (QED) is 0.229. The highest BCUT2D eigenvalue weighted by molar-refractivity contribution is 6.38. The molecule has 12 heteroatoms. The van der Waals surface area contributed by atoms with Crippen LogP contribution in [0.1, 0.15) is 80.2 Å². The second-order valence-corrected chi connectivity index (χ2v) is 16.2. The molecule has 4 rings (SSSR count). The van der Waals surface area contributed by atoms with E-state index in [1.807, 2.05) is 85.7 Å². The molecule has 1 heterocycles. The summed E-state index contributed by atoms with van der Waals surface area (Å²) in [6.07, 6.45) is 2.28. The fraction of sp³-hybridized carbons (Fsp3) is 0.657. The van der Waals surface area contributed by atoms with Gasteiger partial charge >= 0.3 is 6.03 Å². The first kappa shape index (κ1) is 35.9. The van der Waals surface area contributed by atoms with Gasteiger partial charge in [-0.05, 0) is 52.4 Å². The highest BCUT2D eigenvalue weighted by atomic mass is 16.2. The average Bonchev–Trinajstić information content (AvgIpc) is 3.26. The molecule has 258 valence electrons. The Kier molecular flexibility index (Phi) is 10.1. The van der Waals surface area contributed by atoms with E-state index in [9.17, 15) is 28.8 Å². The number of amides is 6. The van der Waals surface area contributed by atoms with Crippen molar-refractivity contribution in [3.63, 3.8) is 0 Å². The lowest BCUT2D eigenvalue weighted by Crippen LogP contribution is -2.63. The number of urea groups is 1. The monoisotopic (exact) mass is 652 g/mol. The summed E-state index contributed by atoms with van der Waals surface area (Å²) >= 11 is 0. The average molecular weight is 653 g/mol. The number of hydrogen-bond acceptors (Lipinski definition) is 6. The molecule has 1 unspecified atom stereocenters. The Balaban J connectivity index is 1.51. The molecule has 3 aliphatic rings. The van der Waals surface area contributed by atoms with Crippen molar-refractivity contribution in [3.05, 3.63) is 35.9 Å². The molecule has 6 atom stereocenters. The summed E-state index contributed by atoms with van der Waals surface area (Å²) in [5.41, 5.74) is 4.62.